The van der Waals surface area contributed by atoms with Gasteiger partial charge in [0.2, 0.25) is 5.16 Å². The van der Waals surface area contributed by atoms with Gasteiger partial charge in [0.1, 0.15) is 22.4 Å². The van der Waals surface area contributed by atoms with Crippen molar-refractivity contribution in [2.75, 3.05) is 0 Å². The van der Waals surface area contributed by atoms with Crippen molar-refractivity contribution < 1.29 is 5.11 Å². The minimum Gasteiger partial charge on any atom is -0.510 e. The third-order valence-corrected chi connectivity index (χ3v) is 6.79. The van der Waals surface area contributed by atoms with Crippen LogP contribution in [0.3, 0.4) is 0 Å². The number of aliphatic hydroxyl groups excluding tert-OH is 1. The van der Waals surface area contributed by atoms with Gasteiger partial charge in [-0.15, -0.1) is 16.4 Å². The second-order valence-corrected chi connectivity index (χ2v) is 8.80. The third-order valence-electron chi connectivity index (χ3n) is 4.68. The zero-order valence-corrected chi connectivity index (χ0v) is 16.4. The minimum atomic E-state index is -0.363. The Kier molecular flexibility index (Phi) is 5.09. The van der Waals surface area contributed by atoms with Crippen molar-refractivity contribution in [3.8, 4) is 6.07 Å². The minimum absolute atomic E-state index is 0.00234. The maximum atomic E-state index is 10.7. The van der Waals surface area contributed by atoms with Gasteiger partial charge in [0.25, 0.3) is 0 Å². The molecule has 2 heterocycles. The molecule has 1 aromatic carbocycles. The summed E-state index contributed by atoms with van der Waals surface area (Å²) in [6, 6.07) is 10.1. The van der Waals surface area contributed by atoms with E-state index >= 15 is 0 Å². The Morgan fingerprint density at radius 1 is 1.37 bits per heavy atom. The average Bonchev–Trinajstić information content (AvgIpc) is 3.42. The molecule has 138 valence electrons. The van der Waals surface area contributed by atoms with Gasteiger partial charge in [-0.2, -0.15) is 5.26 Å². The highest BCUT2D eigenvalue weighted by Gasteiger charge is 2.25. The van der Waals surface area contributed by atoms with Crippen LogP contribution in [0, 0.1) is 11.3 Å². The van der Waals surface area contributed by atoms with Crippen LogP contribution >= 0.6 is 23.1 Å². The van der Waals surface area contributed by atoms with Crippen molar-refractivity contribution in [1.29, 1.82) is 5.26 Å². The summed E-state index contributed by atoms with van der Waals surface area (Å²) < 4.78 is 2.84. The van der Waals surface area contributed by atoms with Gasteiger partial charge in [-0.1, -0.05) is 36.7 Å². The highest BCUT2D eigenvalue weighted by atomic mass is 32.2. The summed E-state index contributed by atoms with van der Waals surface area (Å²) in [4.78, 5) is 4.49. The molecule has 0 spiro atoms. The molecule has 1 atom stereocenters. The highest BCUT2D eigenvalue weighted by Crippen LogP contribution is 2.35. The van der Waals surface area contributed by atoms with Crippen LogP contribution in [0.25, 0.3) is 15.8 Å². The van der Waals surface area contributed by atoms with Crippen molar-refractivity contribution in [3.05, 3.63) is 35.0 Å². The summed E-state index contributed by atoms with van der Waals surface area (Å²) in [5, 5.41) is 33.2. The molecule has 9 heteroatoms. The number of hydrogen-bond acceptors (Lipinski definition) is 8. The zero-order valence-electron chi connectivity index (χ0n) is 14.7. The number of aliphatic hydroxyl groups is 1. The van der Waals surface area contributed by atoms with Gasteiger partial charge in [0, 0.05) is 0 Å². The molecule has 1 N–H and O–H groups in total. The first kappa shape index (κ1) is 17.9. The largest absolute Gasteiger partial charge is 0.510 e. The summed E-state index contributed by atoms with van der Waals surface area (Å²) in [5.41, 5.74) is 1.03. The Balaban J connectivity index is 1.61. The number of nitriles is 1. The Morgan fingerprint density at radius 3 is 2.89 bits per heavy atom. The van der Waals surface area contributed by atoms with Crippen LogP contribution in [0.15, 0.2) is 35.2 Å². The number of para-hydroxylation sites is 1. The van der Waals surface area contributed by atoms with Crippen LogP contribution in [-0.4, -0.2) is 35.5 Å². The molecule has 1 unspecified atom stereocenters. The molecule has 27 heavy (non-hydrogen) atoms. The number of rotatable bonds is 5. The van der Waals surface area contributed by atoms with E-state index < -0.39 is 0 Å². The van der Waals surface area contributed by atoms with Crippen molar-refractivity contribution >= 4 is 38.9 Å². The lowest BCUT2D eigenvalue weighted by Gasteiger charge is -2.14. The molecule has 0 amide bonds. The van der Waals surface area contributed by atoms with Crippen molar-refractivity contribution in [1.82, 2.24) is 25.2 Å². The third kappa shape index (κ3) is 3.55. The number of benzene rings is 1. The number of allylic oxidation sites excluding steroid dienone is 1. The van der Waals surface area contributed by atoms with Gasteiger partial charge in [-0.3, -0.25) is 0 Å². The maximum Gasteiger partial charge on any atom is 0.210 e. The molecule has 7 nitrogen and oxygen atoms in total. The molecule has 0 bridgehead atoms. The van der Waals surface area contributed by atoms with Crippen LogP contribution < -0.4 is 0 Å². The standard InChI is InChI=1S/C18H18N6OS2/c1-11(26-18-21-22-23-24(18)12-6-2-3-7-12)16(25)13(10-19)17-20-14-8-4-5-9-15(14)27-17/h4-5,8-9,11-12,25H,2-3,6-7H2,1H3. The summed E-state index contributed by atoms with van der Waals surface area (Å²) in [6.45, 7) is 1.85. The average molecular weight is 399 g/mol. The molecule has 0 saturated heterocycles. The normalized spacial score (nSPS) is 17.0. The van der Waals surface area contributed by atoms with E-state index in [4.69, 9.17) is 0 Å². The lowest BCUT2D eigenvalue weighted by atomic mass is 10.2. The summed E-state index contributed by atoms with van der Waals surface area (Å²) in [6.07, 6.45) is 4.52. The number of nitrogens with zero attached hydrogens (tertiary/aromatic N) is 6. The predicted molar refractivity (Wildman–Crippen MR) is 105 cm³/mol. The maximum absolute atomic E-state index is 10.7. The number of aromatic nitrogens is 5. The summed E-state index contributed by atoms with van der Waals surface area (Å²) >= 11 is 2.76. The lowest BCUT2D eigenvalue weighted by molar-refractivity contribution is 0.400. The fourth-order valence-corrected chi connectivity index (χ4v) is 5.14. The number of tetrazole rings is 1. The Labute approximate surface area is 164 Å². The fraction of sp³-hybridized carbons (Fsp3) is 0.389. The van der Waals surface area contributed by atoms with E-state index in [9.17, 15) is 10.4 Å². The first-order valence-electron chi connectivity index (χ1n) is 8.81. The molecule has 0 radical (unpaired) electrons. The van der Waals surface area contributed by atoms with Crippen molar-refractivity contribution in [3.63, 3.8) is 0 Å². The van der Waals surface area contributed by atoms with Gasteiger partial charge in [-0.25, -0.2) is 9.67 Å². The van der Waals surface area contributed by atoms with E-state index in [0.29, 0.717) is 16.2 Å². The topological polar surface area (TPSA) is 101 Å². The summed E-state index contributed by atoms with van der Waals surface area (Å²) in [7, 11) is 0. The van der Waals surface area contributed by atoms with Gasteiger partial charge >= 0.3 is 0 Å². The molecule has 4 rings (SSSR count). The molecule has 1 aliphatic carbocycles. The number of hydrogen-bond donors (Lipinski definition) is 1. The SMILES string of the molecule is CC(Sc1nnnn1C1CCCC1)C(O)=C(C#N)c1nc2ccccc2s1. The second kappa shape index (κ2) is 7.66. The number of thiazole rings is 1. The Morgan fingerprint density at radius 2 is 2.15 bits per heavy atom. The highest BCUT2D eigenvalue weighted by molar-refractivity contribution is 7.99. The van der Waals surface area contributed by atoms with E-state index in [2.05, 4.69) is 26.6 Å². The van der Waals surface area contributed by atoms with E-state index in [-0.39, 0.29) is 16.6 Å². The van der Waals surface area contributed by atoms with Gasteiger partial charge in [0.05, 0.1) is 21.5 Å². The van der Waals surface area contributed by atoms with Crippen LogP contribution in [0.2, 0.25) is 0 Å². The zero-order chi connectivity index (χ0) is 18.8. The molecule has 0 aliphatic heterocycles. The van der Waals surface area contributed by atoms with Crippen molar-refractivity contribution in [2.24, 2.45) is 0 Å². The van der Waals surface area contributed by atoms with Crippen LogP contribution in [0.1, 0.15) is 43.7 Å². The Bertz CT molecular complexity index is 995. The van der Waals surface area contributed by atoms with Gasteiger partial charge in [0.15, 0.2) is 0 Å². The molecular weight excluding hydrogens is 380 g/mol. The molecule has 2 aromatic heterocycles. The second-order valence-electron chi connectivity index (χ2n) is 6.46. The van der Waals surface area contributed by atoms with Crippen LogP contribution in [-0.2, 0) is 0 Å². The first-order chi connectivity index (χ1) is 13.2. The predicted octanol–water partition coefficient (Wildman–Crippen LogP) is 4.37. The molecule has 1 fully saturated rings. The number of thioether (sulfide) groups is 1. The van der Waals surface area contributed by atoms with Crippen LogP contribution in [0.4, 0.5) is 0 Å². The van der Waals surface area contributed by atoms with E-state index in [1.165, 1.54) is 35.9 Å². The van der Waals surface area contributed by atoms with E-state index in [1.54, 1.807) is 0 Å². The molecule has 1 aliphatic rings. The quantitative estimate of drug-likeness (QED) is 0.387. The first-order valence-corrected chi connectivity index (χ1v) is 10.5. The van der Waals surface area contributed by atoms with E-state index in [0.717, 1.165) is 23.1 Å². The number of fused-ring (bicyclic) bond motifs is 1. The monoisotopic (exact) mass is 398 g/mol. The fourth-order valence-electron chi connectivity index (χ4n) is 3.25. The molecule has 1 saturated carbocycles. The molecular formula is C18H18N6OS2. The summed E-state index contributed by atoms with van der Waals surface area (Å²) in [5.74, 6) is 0.00234. The smallest absolute Gasteiger partial charge is 0.210 e. The lowest BCUT2D eigenvalue weighted by Crippen LogP contribution is -2.11. The van der Waals surface area contributed by atoms with Gasteiger partial charge in [-0.05, 0) is 42.3 Å². The van der Waals surface area contributed by atoms with E-state index in [1.807, 2.05) is 35.9 Å². The van der Waals surface area contributed by atoms with Crippen LogP contribution in [0.5, 0.6) is 0 Å². The van der Waals surface area contributed by atoms with Crippen molar-refractivity contribution in [2.45, 2.75) is 49.1 Å². The van der Waals surface area contributed by atoms with Gasteiger partial charge < -0.3 is 5.11 Å². The Hall–Kier alpha value is -2.44. The molecule has 3 aromatic rings.